The Labute approximate surface area is 91.2 Å². The molecule has 0 aliphatic heterocycles. The molecule has 0 amide bonds. The van der Waals surface area contributed by atoms with Gasteiger partial charge in [-0.2, -0.15) is 0 Å². The smallest absolute Gasteiger partial charge is 0.748 e. The molecule has 10 heavy (non-hydrogen) atoms. The minimum Gasteiger partial charge on any atom is -0.748 e. The molecule has 0 spiro atoms. The molecule has 1 unspecified atom stereocenters. The van der Waals surface area contributed by atoms with Gasteiger partial charge in [-0.3, -0.25) is 0 Å². The Bertz CT molecular complexity index is 164. The second-order valence-corrected chi connectivity index (χ2v) is 3.42. The Morgan fingerprint density at radius 3 is 1.60 bits per heavy atom. The summed E-state index contributed by atoms with van der Waals surface area (Å²) in [4.78, 5) is 0. The van der Waals surface area contributed by atoms with Crippen molar-refractivity contribution in [2.24, 2.45) is 11.5 Å². The van der Waals surface area contributed by atoms with E-state index in [4.69, 9.17) is 13.3 Å². The molecule has 0 bridgehead atoms. The van der Waals surface area contributed by atoms with Gasteiger partial charge in [-0.1, -0.05) is 0 Å². The molecule has 0 aliphatic rings. The van der Waals surface area contributed by atoms with Gasteiger partial charge in [-0.25, -0.2) is 4.21 Å². The third-order valence-electron chi connectivity index (χ3n) is 0. The van der Waals surface area contributed by atoms with Gasteiger partial charge in [0.1, 0.15) is 0 Å². The van der Waals surface area contributed by atoms with Crippen LogP contribution in [0.5, 0.6) is 0 Å². The van der Waals surface area contributed by atoms with Crippen LogP contribution in [-0.2, 0) is 20.2 Å². The zero-order valence-corrected chi connectivity index (χ0v) is 9.59. The van der Waals surface area contributed by atoms with Crippen molar-refractivity contribution in [1.82, 2.24) is 0 Å². The largest absolute Gasteiger partial charge is 1.00 e. The summed E-state index contributed by atoms with van der Waals surface area (Å²) in [5.74, 6) is 0. The van der Waals surface area contributed by atoms with Gasteiger partial charge in [0.2, 0.25) is 0 Å². The molecule has 1 atom stereocenters. The van der Waals surface area contributed by atoms with Gasteiger partial charge < -0.3 is 20.6 Å². The van der Waals surface area contributed by atoms with E-state index in [1.54, 1.807) is 0 Å². The van der Waals surface area contributed by atoms with E-state index in [0.29, 0.717) is 0 Å². The summed E-state index contributed by atoms with van der Waals surface area (Å²) in [6, 6.07) is 0. The van der Waals surface area contributed by atoms with Crippen molar-refractivity contribution in [3.63, 3.8) is 0 Å². The van der Waals surface area contributed by atoms with Gasteiger partial charge in [0.25, 0.3) is 0 Å². The molecule has 0 fully saturated rings. The maximum absolute atomic E-state index is 9.00. The molecule has 0 heterocycles. The van der Waals surface area contributed by atoms with Gasteiger partial charge in [-0.15, -0.1) is 0 Å². The molecule has 5 nitrogen and oxygen atoms in total. The van der Waals surface area contributed by atoms with E-state index in [0.717, 1.165) is 0 Å². The molecule has 0 aromatic rings. The molecule has 5 N–H and O–H groups in total. The van der Waals surface area contributed by atoms with Crippen LogP contribution < -0.4 is 41.0 Å². The van der Waals surface area contributed by atoms with Gasteiger partial charge >= 0.3 is 29.6 Å². The number of rotatable bonds is 0. The molecule has 0 radical (unpaired) electrons. The maximum Gasteiger partial charge on any atom is 1.00 e. The first kappa shape index (κ1) is 17.2. The molecule has 0 aromatic heterocycles. The standard InChI is InChI=1S/CH4N2S.Na.H2O3S2/c2-1(3)4;;1-5(2,3)4/h(H4,2,3,4);;(H2,1,2,3,4)/q;+1;/p-1. The summed E-state index contributed by atoms with van der Waals surface area (Å²) >= 11 is 7.45. The van der Waals surface area contributed by atoms with Crippen molar-refractivity contribution < 1.29 is 42.9 Å². The first-order valence-corrected chi connectivity index (χ1v) is 4.24. The van der Waals surface area contributed by atoms with Crippen LogP contribution in [0.4, 0.5) is 0 Å². The van der Waals surface area contributed by atoms with E-state index in [2.05, 4.69) is 34.9 Å². The Morgan fingerprint density at radius 1 is 1.60 bits per heavy atom. The van der Waals surface area contributed by atoms with Gasteiger partial charge in [0.05, 0.1) is 9.05 Å². The Balaban J connectivity index is -0.0000000910. The zero-order valence-electron chi connectivity index (χ0n) is 5.14. The maximum atomic E-state index is 9.00. The molecule has 0 aromatic carbocycles. The number of nitrogens with two attached hydrogens (primary N) is 2. The van der Waals surface area contributed by atoms with Crippen LogP contribution in [0.15, 0.2) is 0 Å². The summed E-state index contributed by atoms with van der Waals surface area (Å²) in [7, 11) is -4.08. The molecular weight excluding hydrogens is 207 g/mol. The predicted octanol–water partition coefficient (Wildman–Crippen LogP) is -4.47. The van der Waals surface area contributed by atoms with Crippen molar-refractivity contribution in [2.75, 3.05) is 0 Å². The van der Waals surface area contributed by atoms with Crippen molar-refractivity contribution in [3.05, 3.63) is 0 Å². The van der Waals surface area contributed by atoms with Gasteiger partial charge in [0.15, 0.2) is 5.11 Å². The molecule has 56 valence electrons. The van der Waals surface area contributed by atoms with Crippen molar-refractivity contribution in [1.29, 1.82) is 0 Å². The summed E-state index contributed by atoms with van der Waals surface area (Å²) in [6.45, 7) is 0. The Morgan fingerprint density at radius 2 is 1.60 bits per heavy atom. The second-order valence-electron chi connectivity index (χ2n) is 0.830. The second kappa shape index (κ2) is 8.08. The average Bonchev–Trinajstić information content (AvgIpc) is 1.19. The van der Waals surface area contributed by atoms with Crippen LogP contribution >= 0.6 is 12.2 Å². The minimum atomic E-state index is -4.08. The summed E-state index contributed by atoms with van der Waals surface area (Å²) in [5, 5.41) is 0.000000000000000222. The fraction of sp³-hybridized carbons (Fsp3) is 0. The van der Waals surface area contributed by atoms with Crippen LogP contribution in [0.2, 0.25) is 0 Å². The van der Waals surface area contributed by atoms with E-state index in [-0.39, 0.29) is 34.7 Å². The van der Waals surface area contributed by atoms with E-state index in [1.807, 2.05) is 0 Å². The third-order valence-corrected chi connectivity index (χ3v) is 0. The predicted molar refractivity (Wildman–Crippen MR) is 39.9 cm³/mol. The molecule has 0 saturated heterocycles. The van der Waals surface area contributed by atoms with Crippen LogP contribution in [0.3, 0.4) is 0 Å². The minimum absolute atomic E-state index is 0. The molecule has 9 heteroatoms. The van der Waals surface area contributed by atoms with E-state index >= 15 is 0 Å². The van der Waals surface area contributed by atoms with E-state index in [1.165, 1.54) is 0 Å². The van der Waals surface area contributed by atoms with Gasteiger partial charge in [-0.05, 0) is 23.4 Å². The quantitative estimate of drug-likeness (QED) is 0.274. The fourth-order valence-corrected chi connectivity index (χ4v) is 0. The Kier molecular flexibility index (Phi) is 13.9. The summed E-state index contributed by atoms with van der Waals surface area (Å²) in [5.41, 5.74) is 9.24. The fourth-order valence-electron chi connectivity index (χ4n) is 0. The van der Waals surface area contributed by atoms with Gasteiger partial charge in [0, 0.05) is 0 Å². The van der Waals surface area contributed by atoms with E-state index < -0.39 is 9.05 Å². The topological polar surface area (TPSA) is 112 Å². The number of thiocarbonyl (C=S) groups is 1. The van der Waals surface area contributed by atoms with Crippen LogP contribution in [0.25, 0.3) is 0 Å². The van der Waals surface area contributed by atoms with Crippen molar-refractivity contribution in [2.45, 2.75) is 0 Å². The van der Waals surface area contributed by atoms with Crippen molar-refractivity contribution in [3.8, 4) is 0 Å². The molecular formula is CH5N2NaO3S3. The Hall–Kier alpha value is 0.980. The summed E-state index contributed by atoms with van der Waals surface area (Å²) in [6.07, 6.45) is 0. The third kappa shape index (κ3) is 595. The average molecular weight is 212 g/mol. The number of hydrogen-bond donors (Lipinski definition) is 3. The van der Waals surface area contributed by atoms with Crippen LogP contribution in [-0.4, -0.2) is 18.4 Å². The number of hydrogen-bond acceptors (Lipinski definition) is 4. The molecule has 0 saturated carbocycles. The monoisotopic (exact) mass is 212 g/mol. The zero-order chi connectivity index (χ0) is 8.08. The first-order valence-electron chi connectivity index (χ1n) is 1.46. The van der Waals surface area contributed by atoms with Crippen LogP contribution in [0, 0.1) is 0 Å². The normalized spacial score (nSPS) is 13.0. The van der Waals surface area contributed by atoms with Crippen LogP contribution in [0.1, 0.15) is 0 Å². The van der Waals surface area contributed by atoms with E-state index in [9.17, 15) is 0 Å². The SMILES string of the molecule is NC(N)=S.O=S([O-])(O)=S.[Na+]. The van der Waals surface area contributed by atoms with Crippen molar-refractivity contribution >= 4 is 37.6 Å². The first-order chi connectivity index (χ1) is 3.73. The summed E-state index contributed by atoms with van der Waals surface area (Å²) < 4.78 is 25.3. The molecule has 0 rings (SSSR count). The molecule has 0 aliphatic carbocycles.